The molecule has 0 unspecified atom stereocenters. The maximum Gasteiger partial charge on any atom is 0.132 e. The van der Waals surface area contributed by atoms with Crippen LogP contribution in [-0.4, -0.2) is 21.3 Å². The first-order valence-corrected chi connectivity index (χ1v) is 8.01. The molecule has 0 atom stereocenters. The maximum atomic E-state index is 4.85. The average Bonchev–Trinajstić information content (AvgIpc) is 3.11. The number of nitrogens with zero attached hydrogens (tertiary/aromatic N) is 3. The van der Waals surface area contributed by atoms with Crippen molar-refractivity contribution in [2.45, 2.75) is 19.9 Å². The number of hydrogen-bond donors (Lipinski definition) is 1. The smallest absolute Gasteiger partial charge is 0.132 e. The number of fused-ring (bicyclic) bond motifs is 1. The van der Waals surface area contributed by atoms with Crippen molar-refractivity contribution in [3.8, 4) is 21.7 Å². The standard InChI is InChI=1S/C16H16N4S/c1-11-9-13(21-10-11)15-14(12-3-6-17-7-4-12)16-18-5-2-8-20(16)19-15/h3-4,6-7,9-10,18H,2,5,8H2,1H3. The molecule has 106 valence electrons. The summed E-state index contributed by atoms with van der Waals surface area (Å²) in [7, 11) is 0. The number of thiophene rings is 1. The Labute approximate surface area is 127 Å². The average molecular weight is 296 g/mol. The van der Waals surface area contributed by atoms with Gasteiger partial charge >= 0.3 is 0 Å². The molecule has 1 aliphatic heterocycles. The number of hydrogen-bond acceptors (Lipinski definition) is 4. The molecule has 0 saturated heterocycles. The van der Waals surface area contributed by atoms with Gasteiger partial charge in [-0.05, 0) is 48.1 Å². The Hall–Kier alpha value is -2.14. The van der Waals surface area contributed by atoms with E-state index in [1.807, 2.05) is 12.4 Å². The third-order valence-electron chi connectivity index (χ3n) is 3.72. The molecular weight excluding hydrogens is 280 g/mol. The molecule has 0 spiro atoms. The van der Waals surface area contributed by atoms with Gasteiger partial charge < -0.3 is 5.32 Å². The minimum atomic E-state index is 0.977. The molecule has 4 nitrogen and oxygen atoms in total. The summed E-state index contributed by atoms with van der Waals surface area (Å²) in [5.74, 6) is 1.13. The lowest BCUT2D eigenvalue weighted by molar-refractivity contribution is 0.569. The highest BCUT2D eigenvalue weighted by Gasteiger charge is 2.23. The van der Waals surface area contributed by atoms with Crippen molar-refractivity contribution >= 4 is 17.2 Å². The molecule has 0 fully saturated rings. The molecule has 1 aliphatic rings. The predicted molar refractivity (Wildman–Crippen MR) is 86.6 cm³/mol. The van der Waals surface area contributed by atoms with Gasteiger partial charge in [0.1, 0.15) is 11.5 Å². The van der Waals surface area contributed by atoms with E-state index < -0.39 is 0 Å². The fraction of sp³-hybridized carbons (Fsp3) is 0.250. The lowest BCUT2D eigenvalue weighted by Gasteiger charge is -2.16. The molecule has 5 heteroatoms. The van der Waals surface area contributed by atoms with Crippen LogP contribution in [0.2, 0.25) is 0 Å². The van der Waals surface area contributed by atoms with Gasteiger partial charge in [-0.3, -0.25) is 4.98 Å². The Morgan fingerprint density at radius 3 is 2.90 bits per heavy atom. The second-order valence-corrected chi connectivity index (χ2v) is 6.21. The highest BCUT2D eigenvalue weighted by molar-refractivity contribution is 7.13. The van der Waals surface area contributed by atoms with Crippen molar-refractivity contribution in [2.24, 2.45) is 0 Å². The second-order valence-electron chi connectivity index (χ2n) is 5.30. The predicted octanol–water partition coefficient (Wildman–Crippen LogP) is 3.80. The third-order valence-corrected chi connectivity index (χ3v) is 4.78. The van der Waals surface area contributed by atoms with Crippen molar-refractivity contribution < 1.29 is 0 Å². The molecule has 1 N–H and O–H groups in total. The summed E-state index contributed by atoms with van der Waals surface area (Å²) < 4.78 is 2.10. The van der Waals surface area contributed by atoms with Gasteiger partial charge in [0, 0.05) is 25.5 Å². The third kappa shape index (κ3) is 2.14. The van der Waals surface area contributed by atoms with E-state index in [1.54, 1.807) is 11.3 Å². The van der Waals surface area contributed by atoms with E-state index in [9.17, 15) is 0 Å². The maximum absolute atomic E-state index is 4.85. The van der Waals surface area contributed by atoms with E-state index in [1.165, 1.54) is 21.6 Å². The van der Waals surface area contributed by atoms with E-state index in [0.29, 0.717) is 0 Å². The van der Waals surface area contributed by atoms with Gasteiger partial charge in [-0.1, -0.05) is 0 Å². The zero-order valence-electron chi connectivity index (χ0n) is 11.8. The number of nitrogens with one attached hydrogen (secondary N) is 1. The van der Waals surface area contributed by atoms with Crippen molar-refractivity contribution in [1.29, 1.82) is 0 Å². The highest BCUT2D eigenvalue weighted by Crippen LogP contribution is 2.40. The highest BCUT2D eigenvalue weighted by atomic mass is 32.1. The fourth-order valence-corrected chi connectivity index (χ4v) is 3.65. The van der Waals surface area contributed by atoms with Gasteiger partial charge in [-0.25, -0.2) is 4.68 Å². The van der Waals surface area contributed by atoms with Crippen molar-refractivity contribution in [1.82, 2.24) is 14.8 Å². The van der Waals surface area contributed by atoms with E-state index in [0.717, 1.165) is 31.0 Å². The normalized spacial score (nSPS) is 13.8. The molecule has 3 aromatic rings. The first-order valence-electron chi connectivity index (χ1n) is 7.13. The number of aromatic nitrogens is 3. The van der Waals surface area contributed by atoms with Crippen LogP contribution in [0, 0.1) is 6.92 Å². The van der Waals surface area contributed by atoms with Crippen LogP contribution in [0.1, 0.15) is 12.0 Å². The largest absolute Gasteiger partial charge is 0.370 e. The minimum Gasteiger partial charge on any atom is -0.370 e. The lowest BCUT2D eigenvalue weighted by Crippen LogP contribution is -2.17. The molecule has 3 aromatic heterocycles. The van der Waals surface area contributed by atoms with Crippen molar-refractivity contribution in [3.63, 3.8) is 0 Å². The topological polar surface area (TPSA) is 42.7 Å². The Bertz CT molecular complexity index is 773. The fourth-order valence-electron chi connectivity index (χ4n) is 2.76. The summed E-state index contributed by atoms with van der Waals surface area (Å²) in [5.41, 5.74) is 4.72. The van der Waals surface area contributed by atoms with Crippen LogP contribution in [0.4, 0.5) is 5.82 Å². The molecular formula is C16H16N4S. The van der Waals surface area contributed by atoms with Crippen LogP contribution < -0.4 is 5.32 Å². The zero-order chi connectivity index (χ0) is 14.2. The summed E-state index contributed by atoms with van der Waals surface area (Å²) in [5, 5.41) is 10.5. The number of aryl methyl sites for hydroxylation is 2. The molecule has 0 aliphatic carbocycles. The van der Waals surface area contributed by atoms with Gasteiger partial charge in [0.25, 0.3) is 0 Å². The van der Waals surface area contributed by atoms with E-state index >= 15 is 0 Å². The van der Waals surface area contributed by atoms with E-state index in [4.69, 9.17) is 5.10 Å². The first-order chi connectivity index (χ1) is 10.3. The van der Waals surface area contributed by atoms with Crippen LogP contribution >= 0.6 is 11.3 Å². The number of anilines is 1. The second kappa shape index (κ2) is 5.00. The van der Waals surface area contributed by atoms with Crippen LogP contribution in [0.15, 0.2) is 36.0 Å². The minimum absolute atomic E-state index is 0.977. The van der Waals surface area contributed by atoms with Crippen molar-refractivity contribution in [3.05, 3.63) is 41.5 Å². The van der Waals surface area contributed by atoms with E-state index in [-0.39, 0.29) is 0 Å². The van der Waals surface area contributed by atoms with Gasteiger partial charge in [0.2, 0.25) is 0 Å². The monoisotopic (exact) mass is 296 g/mol. The van der Waals surface area contributed by atoms with Gasteiger partial charge in [-0.2, -0.15) is 5.10 Å². The summed E-state index contributed by atoms with van der Waals surface area (Å²) in [4.78, 5) is 5.35. The van der Waals surface area contributed by atoms with Crippen LogP contribution in [-0.2, 0) is 6.54 Å². The Balaban J connectivity index is 1.96. The Morgan fingerprint density at radius 2 is 2.14 bits per heavy atom. The molecule has 0 bridgehead atoms. The first kappa shape index (κ1) is 12.6. The SMILES string of the molecule is Cc1csc(-c2nn3c(c2-c2ccncc2)NCCC3)c1. The van der Waals surface area contributed by atoms with Crippen LogP contribution in [0.25, 0.3) is 21.7 Å². The summed E-state index contributed by atoms with van der Waals surface area (Å²) in [6.45, 7) is 4.11. The van der Waals surface area contributed by atoms with Crippen molar-refractivity contribution in [2.75, 3.05) is 11.9 Å². The van der Waals surface area contributed by atoms with Crippen LogP contribution in [0.3, 0.4) is 0 Å². The van der Waals surface area contributed by atoms with E-state index in [2.05, 4.69) is 45.5 Å². The quantitative estimate of drug-likeness (QED) is 0.782. The molecule has 21 heavy (non-hydrogen) atoms. The molecule has 0 aromatic carbocycles. The number of rotatable bonds is 2. The summed E-state index contributed by atoms with van der Waals surface area (Å²) >= 11 is 1.76. The number of pyridine rings is 1. The van der Waals surface area contributed by atoms with Crippen LogP contribution in [0.5, 0.6) is 0 Å². The summed E-state index contributed by atoms with van der Waals surface area (Å²) in [6.07, 6.45) is 4.80. The molecule has 0 saturated carbocycles. The summed E-state index contributed by atoms with van der Waals surface area (Å²) in [6, 6.07) is 6.32. The molecule has 4 rings (SSSR count). The lowest BCUT2D eigenvalue weighted by atomic mass is 10.1. The molecule has 0 amide bonds. The Kier molecular flexibility index (Phi) is 3.00. The van der Waals surface area contributed by atoms with Gasteiger partial charge in [0.05, 0.1) is 10.4 Å². The zero-order valence-corrected chi connectivity index (χ0v) is 12.7. The van der Waals surface area contributed by atoms with Gasteiger partial charge in [0.15, 0.2) is 0 Å². The van der Waals surface area contributed by atoms with Gasteiger partial charge in [-0.15, -0.1) is 11.3 Å². The molecule has 0 radical (unpaired) electrons. The Morgan fingerprint density at radius 1 is 1.29 bits per heavy atom. The molecule has 4 heterocycles.